The molecular formula is C13H16N2O3S. The summed E-state index contributed by atoms with van der Waals surface area (Å²) < 4.78 is 27.6. The van der Waals surface area contributed by atoms with Gasteiger partial charge in [0.2, 0.25) is 0 Å². The van der Waals surface area contributed by atoms with Gasteiger partial charge in [0.15, 0.2) is 0 Å². The summed E-state index contributed by atoms with van der Waals surface area (Å²) >= 11 is 0. The molecule has 1 aromatic heterocycles. The summed E-state index contributed by atoms with van der Waals surface area (Å²) in [6.45, 7) is 0.348. The number of nitrogens with zero attached hydrogens (tertiary/aromatic N) is 1. The van der Waals surface area contributed by atoms with E-state index < -0.39 is 9.84 Å². The summed E-state index contributed by atoms with van der Waals surface area (Å²) in [5.41, 5.74) is 7.13. The quantitative estimate of drug-likeness (QED) is 0.665. The number of fused-ring (bicyclic) bond motifs is 1. The summed E-state index contributed by atoms with van der Waals surface area (Å²) in [6.07, 6.45) is 3.35. The number of anilines is 1. The van der Waals surface area contributed by atoms with Gasteiger partial charge in [0.1, 0.15) is 15.6 Å². The topological polar surface area (TPSA) is 82.3 Å². The SMILES string of the molecule is CS(=O)(=O)CCCOc1ccc(N)c2ncccc12. The van der Waals surface area contributed by atoms with Crippen LogP contribution in [0, 0.1) is 0 Å². The van der Waals surface area contributed by atoms with E-state index in [4.69, 9.17) is 10.5 Å². The van der Waals surface area contributed by atoms with Crippen molar-refractivity contribution in [2.75, 3.05) is 24.3 Å². The molecule has 0 unspecified atom stereocenters. The van der Waals surface area contributed by atoms with Crippen molar-refractivity contribution in [3.05, 3.63) is 30.5 Å². The molecule has 2 aromatic rings. The molecule has 0 bridgehead atoms. The van der Waals surface area contributed by atoms with Gasteiger partial charge in [-0.2, -0.15) is 0 Å². The predicted molar refractivity (Wildman–Crippen MR) is 76.0 cm³/mol. The molecule has 102 valence electrons. The highest BCUT2D eigenvalue weighted by Crippen LogP contribution is 2.28. The van der Waals surface area contributed by atoms with Crippen LogP contribution in [0.25, 0.3) is 10.9 Å². The van der Waals surface area contributed by atoms with E-state index >= 15 is 0 Å². The molecule has 0 saturated heterocycles. The maximum Gasteiger partial charge on any atom is 0.147 e. The van der Waals surface area contributed by atoms with E-state index in [1.807, 2.05) is 12.1 Å². The van der Waals surface area contributed by atoms with Gasteiger partial charge in [0, 0.05) is 17.8 Å². The van der Waals surface area contributed by atoms with E-state index in [2.05, 4.69) is 4.98 Å². The molecule has 0 aliphatic rings. The molecule has 1 aromatic carbocycles. The summed E-state index contributed by atoms with van der Waals surface area (Å²) in [6, 6.07) is 7.21. The Hall–Kier alpha value is -1.82. The fourth-order valence-electron chi connectivity index (χ4n) is 1.80. The summed E-state index contributed by atoms with van der Waals surface area (Å²) in [5.74, 6) is 0.795. The molecule has 6 heteroatoms. The standard InChI is InChI=1S/C13H16N2O3S/c1-19(16,17)9-3-8-18-12-6-5-11(14)13-10(12)4-2-7-15-13/h2,4-7H,3,8-9,14H2,1H3. The molecule has 0 fully saturated rings. The highest BCUT2D eigenvalue weighted by molar-refractivity contribution is 7.90. The number of aromatic nitrogens is 1. The second-order valence-corrected chi connectivity index (χ2v) is 6.64. The van der Waals surface area contributed by atoms with Crippen LogP contribution in [0.5, 0.6) is 5.75 Å². The average molecular weight is 280 g/mol. The normalized spacial score (nSPS) is 11.6. The van der Waals surface area contributed by atoms with Gasteiger partial charge in [-0.05, 0) is 30.7 Å². The zero-order valence-corrected chi connectivity index (χ0v) is 11.5. The van der Waals surface area contributed by atoms with Gasteiger partial charge < -0.3 is 10.5 Å². The molecule has 2 rings (SSSR count). The number of pyridine rings is 1. The van der Waals surface area contributed by atoms with Crippen molar-refractivity contribution in [3.8, 4) is 5.75 Å². The number of nitrogen functional groups attached to an aromatic ring is 1. The van der Waals surface area contributed by atoms with Crippen LogP contribution < -0.4 is 10.5 Å². The van der Waals surface area contributed by atoms with E-state index in [-0.39, 0.29) is 5.75 Å². The number of benzene rings is 1. The van der Waals surface area contributed by atoms with E-state index in [0.717, 1.165) is 5.39 Å². The van der Waals surface area contributed by atoms with Gasteiger partial charge in [-0.25, -0.2) is 8.42 Å². The predicted octanol–water partition coefficient (Wildman–Crippen LogP) is 1.63. The van der Waals surface area contributed by atoms with Gasteiger partial charge in [0.05, 0.1) is 23.6 Å². The van der Waals surface area contributed by atoms with Gasteiger partial charge in [0.25, 0.3) is 0 Å². The van der Waals surface area contributed by atoms with Crippen LogP contribution >= 0.6 is 0 Å². The number of sulfone groups is 1. The van der Waals surface area contributed by atoms with Gasteiger partial charge in [-0.3, -0.25) is 4.98 Å². The maximum absolute atomic E-state index is 11.0. The van der Waals surface area contributed by atoms with E-state index in [0.29, 0.717) is 30.0 Å². The van der Waals surface area contributed by atoms with Crippen LogP contribution in [0.3, 0.4) is 0 Å². The highest BCUT2D eigenvalue weighted by Gasteiger charge is 2.06. The second-order valence-electron chi connectivity index (χ2n) is 4.38. The molecule has 0 spiro atoms. The van der Waals surface area contributed by atoms with Crippen molar-refractivity contribution >= 4 is 26.4 Å². The Balaban J connectivity index is 2.11. The Kier molecular flexibility index (Phi) is 3.90. The fraction of sp³-hybridized carbons (Fsp3) is 0.308. The Morgan fingerprint density at radius 1 is 1.32 bits per heavy atom. The van der Waals surface area contributed by atoms with Crippen LogP contribution in [0.2, 0.25) is 0 Å². The molecule has 1 heterocycles. The van der Waals surface area contributed by atoms with Crippen LogP contribution in [0.4, 0.5) is 5.69 Å². The third kappa shape index (κ3) is 3.57. The molecule has 5 nitrogen and oxygen atoms in total. The van der Waals surface area contributed by atoms with E-state index in [1.165, 1.54) is 6.26 Å². The molecule has 0 amide bonds. The zero-order chi connectivity index (χ0) is 13.9. The van der Waals surface area contributed by atoms with Gasteiger partial charge >= 0.3 is 0 Å². The minimum atomic E-state index is -2.94. The van der Waals surface area contributed by atoms with Crippen LogP contribution in [0.15, 0.2) is 30.5 Å². The first kappa shape index (κ1) is 13.6. The number of rotatable bonds is 5. The highest BCUT2D eigenvalue weighted by atomic mass is 32.2. The van der Waals surface area contributed by atoms with Gasteiger partial charge in [-0.15, -0.1) is 0 Å². The van der Waals surface area contributed by atoms with Crippen molar-refractivity contribution in [2.24, 2.45) is 0 Å². The molecule has 0 aliphatic heterocycles. The fourth-order valence-corrected chi connectivity index (χ4v) is 2.44. The Morgan fingerprint density at radius 2 is 2.11 bits per heavy atom. The van der Waals surface area contributed by atoms with Gasteiger partial charge in [-0.1, -0.05) is 0 Å². The lowest BCUT2D eigenvalue weighted by Gasteiger charge is -2.09. The minimum absolute atomic E-state index is 0.123. The lowest BCUT2D eigenvalue weighted by Crippen LogP contribution is -2.08. The van der Waals surface area contributed by atoms with Crippen LogP contribution in [-0.2, 0) is 9.84 Å². The van der Waals surface area contributed by atoms with Crippen LogP contribution in [-0.4, -0.2) is 32.0 Å². The lowest BCUT2D eigenvalue weighted by molar-refractivity contribution is 0.321. The summed E-state index contributed by atoms with van der Waals surface area (Å²) in [7, 11) is -2.94. The molecule has 0 atom stereocenters. The molecule has 0 aliphatic carbocycles. The first-order valence-electron chi connectivity index (χ1n) is 5.91. The maximum atomic E-state index is 11.0. The van der Waals surface area contributed by atoms with Crippen molar-refractivity contribution in [1.82, 2.24) is 4.98 Å². The summed E-state index contributed by atoms with van der Waals surface area (Å²) in [4.78, 5) is 4.21. The first-order chi connectivity index (χ1) is 8.97. The lowest BCUT2D eigenvalue weighted by atomic mass is 10.2. The molecular weight excluding hydrogens is 264 g/mol. The third-order valence-corrected chi connectivity index (χ3v) is 3.71. The van der Waals surface area contributed by atoms with Crippen molar-refractivity contribution < 1.29 is 13.2 Å². The minimum Gasteiger partial charge on any atom is -0.493 e. The van der Waals surface area contributed by atoms with E-state index in [1.54, 1.807) is 18.3 Å². The Bertz CT molecular complexity index is 683. The van der Waals surface area contributed by atoms with Crippen molar-refractivity contribution in [1.29, 1.82) is 0 Å². The zero-order valence-electron chi connectivity index (χ0n) is 10.7. The molecule has 0 radical (unpaired) electrons. The molecule has 2 N–H and O–H groups in total. The number of nitrogens with two attached hydrogens (primary N) is 1. The van der Waals surface area contributed by atoms with Crippen molar-refractivity contribution in [3.63, 3.8) is 0 Å². The summed E-state index contributed by atoms with van der Waals surface area (Å²) in [5, 5.41) is 0.835. The molecule has 0 saturated carbocycles. The van der Waals surface area contributed by atoms with Crippen molar-refractivity contribution in [2.45, 2.75) is 6.42 Å². The molecule has 19 heavy (non-hydrogen) atoms. The smallest absolute Gasteiger partial charge is 0.147 e. The first-order valence-corrected chi connectivity index (χ1v) is 7.97. The number of ether oxygens (including phenoxy) is 1. The average Bonchev–Trinajstić information content (AvgIpc) is 2.36. The Labute approximate surface area is 112 Å². The third-order valence-electron chi connectivity index (χ3n) is 2.68. The second kappa shape index (κ2) is 5.44. The number of hydrogen-bond acceptors (Lipinski definition) is 5. The van der Waals surface area contributed by atoms with E-state index in [9.17, 15) is 8.42 Å². The van der Waals surface area contributed by atoms with Crippen LogP contribution in [0.1, 0.15) is 6.42 Å². The Morgan fingerprint density at radius 3 is 2.84 bits per heavy atom. The number of hydrogen-bond donors (Lipinski definition) is 1. The largest absolute Gasteiger partial charge is 0.493 e. The monoisotopic (exact) mass is 280 g/mol.